The number of esters is 1. The van der Waals surface area contributed by atoms with Gasteiger partial charge in [-0.05, 0) is 36.8 Å². The van der Waals surface area contributed by atoms with Crippen molar-refractivity contribution >= 4 is 27.8 Å². The number of hydrogen-bond acceptors (Lipinski definition) is 8. The maximum Gasteiger partial charge on any atom is 0.338 e. The quantitative estimate of drug-likeness (QED) is 0.589. The van der Waals surface area contributed by atoms with Crippen molar-refractivity contribution in [2.45, 2.75) is 11.8 Å². The molecule has 0 aliphatic carbocycles. The minimum Gasteiger partial charge on any atom is -0.496 e. The van der Waals surface area contributed by atoms with Gasteiger partial charge in [-0.1, -0.05) is 18.2 Å². The zero-order valence-corrected chi connectivity index (χ0v) is 19.0. The van der Waals surface area contributed by atoms with Gasteiger partial charge in [0.1, 0.15) is 5.75 Å². The van der Waals surface area contributed by atoms with E-state index in [9.17, 15) is 22.8 Å². The Morgan fingerprint density at radius 1 is 1.09 bits per heavy atom. The summed E-state index contributed by atoms with van der Waals surface area (Å²) in [5.41, 5.74) is 0.589. The van der Waals surface area contributed by atoms with Crippen molar-refractivity contribution in [1.29, 1.82) is 0 Å². The second-order valence-electron chi connectivity index (χ2n) is 7.15. The van der Waals surface area contributed by atoms with Crippen LogP contribution < -0.4 is 10.1 Å². The third kappa shape index (κ3) is 5.75. The van der Waals surface area contributed by atoms with Crippen molar-refractivity contribution in [1.82, 2.24) is 9.62 Å². The van der Waals surface area contributed by atoms with Crippen molar-refractivity contribution < 1.29 is 37.0 Å². The average molecular weight is 477 g/mol. The Kier molecular flexibility index (Phi) is 7.79. The molecule has 1 heterocycles. The highest BCUT2D eigenvalue weighted by molar-refractivity contribution is 7.89. The Morgan fingerprint density at radius 3 is 2.48 bits per heavy atom. The molecule has 2 aromatic carbocycles. The summed E-state index contributed by atoms with van der Waals surface area (Å²) < 4.78 is 42.5. The Labute approximate surface area is 191 Å². The lowest BCUT2D eigenvalue weighted by Gasteiger charge is -2.26. The fourth-order valence-electron chi connectivity index (χ4n) is 3.21. The molecule has 1 N–H and O–H groups in total. The number of morpholine rings is 1. The second-order valence-corrected chi connectivity index (χ2v) is 9.06. The summed E-state index contributed by atoms with van der Waals surface area (Å²) in [7, 11) is -2.43. The number of carbonyl (C=O) groups excluding carboxylic acids is 3. The maximum atomic E-state index is 13.0. The van der Waals surface area contributed by atoms with E-state index in [1.165, 1.54) is 35.7 Å². The Hall–Kier alpha value is -3.28. The van der Waals surface area contributed by atoms with Gasteiger partial charge in [0.25, 0.3) is 11.8 Å². The van der Waals surface area contributed by atoms with Crippen molar-refractivity contribution in [3.8, 4) is 5.75 Å². The van der Waals surface area contributed by atoms with Crippen LogP contribution in [0, 0.1) is 6.92 Å². The van der Waals surface area contributed by atoms with E-state index in [-0.39, 0.29) is 34.9 Å². The van der Waals surface area contributed by atoms with Crippen molar-refractivity contribution in [3.63, 3.8) is 0 Å². The number of nitrogens with one attached hydrogen (secondary N) is 1. The largest absolute Gasteiger partial charge is 0.496 e. The molecule has 0 unspecified atom stereocenters. The van der Waals surface area contributed by atoms with E-state index >= 15 is 0 Å². The molecule has 1 saturated heterocycles. The van der Waals surface area contributed by atoms with Gasteiger partial charge in [0.2, 0.25) is 10.0 Å². The smallest absolute Gasteiger partial charge is 0.338 e. The van der Waals surface area contributed by atoms with Crippen LogP contribution in [-0.2, 0) is 24.3 Å². The second kappa shape index (κ2) is 10.6. The number of rotatable bonds is 7. The summed E-state index contributed by atoms with van der Waals surface area (Å²) in [6, 6.07) is 10.5. The van der Waals surface area contributed by atoms with Gasteiger partial charge in [-0.25, -0.2) is 13.2 Å². The molecule has 0 bridgehead atoms. The third-order valence-electron chi connectivity index (χ3n) is 4.95. The molecular weight excluding hydrogens is 452 g/mol. The molecule has 1 fully saturated rings. The highest BCUT2D eigenvalue weighted by atomic mass is 32.2. The van der Waals surface area contributed by atoms with E-state index in [1.807, 2.05) is 0 Å². The van der Waals surface area contributed by atoms with Gasteiger partial charge in [-0.3, -0.25) is 14.9 Å². The van der Waals surface area contributed by atoms with Crippen molar-refractivity contribution in [2.75, 3.05) is 40.0 Å². The minimum absolute atomic E-state index is 0.0188. The molecule has 3 rings (SSSR count). The number of para-hydroxylation sites is 1. The number of sulfonamides is 1. The monoisotopic (exact) mass is 476 g/mol. The summed E-state index contributed by atoms with van der Waals surface area (Å²) in [5.74, 6) is -2.16. The topological polar surface area (TPSA) is 128 Å². The van der Waals surface area contributed by atoms with E-state index in [0.717, 1.165) is 0 Å². The van der Waals surface area contributed by atoms with Gasteiger partial charge >= 0.3 is 5.97 Å². The average Bonchev–Trinajstić information content (AvgIpc) is 2.83. The number of carbonyl (C=O) groups is 3. The summed E-state index contributed by atoms with van der Waals surface area (Å²) in [4.78, 5) is 36.8. The molecule has 10 nitrogen and oxygen atoms in total. The summed E-state index contributed by atoms with van der Waals surface area (Å²) >= 11 is 0. The lowest BCUT2D eigenvalue weighted by atomic mass is 10.1. The number of methoxy groups -OCH3 is 1. The molecule has 0 atom stereocenters. The number of nitrogens with zero attached hydrogens (tertiary/aromatic N) is 1. The number of amides is 2. The lowest BCUT2D eigenvalue weighted by molar-refractivity contribution is -0.123. The van der Waals surface area contributed by atoms with Gasteiger partial charge in [0, 0.05) is 13.1 Å². The number of benzene rings is 2. The molecule has 0 saturated carbocycles. The number of ether oxygens (including phenoxy) is 3. The zero-order valence-electron chi connectivity index (χ0n) is 18.2. The van der Waals surface area contributed by atoms with E-state index in [0.29, 0.717) is 18.8 Å². The van der Waals surface area contributed by atoms with Crippen LogP contribution in [0.15, 0.2) is 47.4 Å². The van der Waals surface area contributed by atoms with Gasteiger partial charge in [0.05, 0.1) is 36.3 Å². The molecule has 176 valence electrons. The molecule has 0 spiro atoms. The third-order valence-corrected chi connectivity index (χ3v) is 6.99. The highest BCUT2D eigenvalue weighted by Crippen LogP contribution is 2.23. The Morgan fingerprint density at radius 2 is 1.79 bits per heavy atom. The molecule has 0 radical (unpaired) electrons. The van der Waals surface area contributed by atoms with Gasteiger partial charge < -0.3 is 14.2 Å². The first-order valence-electron chi connectivity index (χ1n) is 10.1. The summed E-state index contributed by atoms with van der Waals surface area (Å²) in [5, 5.41) is 2.12. The summed E-state index contributed by atoms with van der Waals surface area (Å²) in [6.45, 7) is 1.93. The maximum absolute atomic E-state index is 13.0. The van der Waals surface area contributed by atoms with Crippen LogP contribution in [0.3, 0.4) is 0 Å². The predicted octanol–water partition coefficient (Wildman–Crippen LogP) is 1.14. The Bertz CT molecular complexity index is 1160. The molecule has 1 aliphatic rings. The molecule has 1 aliphatic heterocycles. The van der Waals surface area contributed by atoms with Crippen LogP contribution in [0.25, 0.3) is 0 Å². The fraction of sp³-hybridized carbons (Fsp3) is 0.318. The number of hydrogen-bond donors (Lipinski definition) is 1. The molecular formula is C22H24N2O8S. The number of aryl methyl sites for hydroxylation is 1. The van der Waals surface area contributed by atoms with Crippen LogP contribution in [0.1, 0.15) is 26.3 Å². The van der Waals surface area contributed by atoms with E-state index in [2.05, 4.69) is 5.32 Å². The Balaban J connectivity index is 1.65. The van der Waals surface area contributed by atoms with Crippen molar-refractivity contribution in [3.05, 3.63) is 59.2 Å². The van der Waals surface area contributed by atoms with Crippen LogP contribution in [0.4, 0.5) is 0 Å². The van der Waals surface area contributed by atoms with Crippen LogP contribution >= 0.6 is 0 Å². The minimum atomic E-state index is -3.82. The van der Waals surface area contributed by atoms with E-state index in [1.54, 1.807) is 25.1 Å². The molecule has 2 amide bonds. The molecule has 0 aromatic heterocycles. The van der Waals surface area contributed by atoms with Gasteiger partial charge in [-0.15, -0.1) is 0 Å². The van der Waals surface area contributed by atoms with E-state index < -0.39 is 34.4 Å². The lowest BCUT2D eigenvalue weighted by Crippen LogP contribution is -2.40. The first kappa shape index (κ1) is 24.4. The van der Waals surface area contributed by atoms with Crippen molar-refractivity contribution in [2.24, 2.45) is 0 Å². The van der Waals surface area contributed by atoms with Crippen LogP contribution in [0.2, 0.25) is 0 Å². The first-order chi connectivity index (χ1) is 15.7. The normalized spacial score (nSPS) is 14.4. The van der Waals surface area contributed by atoms with Crippen LogP contribution in [0.5, 0.6) is 5.75 Å². The van der Waals surface area contributed by atoms with Gasteiger partial charge in [-0.2, -0.15) is 4.31 Å². The fourth-order valence-corrected chi connectivity index (χ4v) is 4.87. The SMILES string of the molecule is COc1ccccc1C(=O)NC(=O)COC(=O)c1ccc(C)c(S(=O)(=O)N2CCOCC2)c1. The zero-order chi connectivity index (χ0) is 24.0. The molecule has 11 heteroatoms. The summed E-state index contributed by atoms with van der Waals surface area (Å²) in [6.07, 6.45) is 0. The van der Waals surface area contributed by atoms with Crippen LogP contribution in [-0.4, -0.2) is 70.5 Å². The number of imide groups is 1. The standard InChI is InChI=1S/C22H24N2O8S/c1-15-7-8-16(13-19(15)33(28,29)24-9-11-31-12-10-24)22(27)32-14-20(25)23-21(26)17-5-3-4-6-18(17)30-2/h3-8,13H,9-12,14H2,1-2H3,(H,23,25,26). The highest BCUT2D eigenvalue weighted by Gasteiger charge is 2.28. The first-order valence-corrected chi connectivity index (χ1v) is 11.5. The molecule has 2 aromatic rings. The molecule has 33 heavy (non-hydrogen) atoms. The van der Waals surface area contributed by atoms with E-state index in [4.69, 9.17) is 14.2 Å². The predicted molar refractivity (Wildman–Crippen MR) is 117 cm³/mol. The van der Waals surface area contributed by atoms with Gasteiger partial charge in [0.15, 0.2) is 6.61 Å².